The molecule has 0 aliphatic carbocycles. The lowest BCUT2D eigenvalue weighted by molar-refractivity contribution is -0.131. The summed E-state index contributed by atoms with van der Waals surface area (Å²) in [4.78, 5) is 29.2. The second kappa shape index (κ2) is 9.40. The summed E-state index contributed by atoms with van der Waals surface area (Å²) in [7, 11) is 1.64. The highest BCUT2D eigenvalue weighted by atomic mass is 16.5. The average Bonchev–Trinajstić information content (AvgIpc) is 2.98. The second-order valence-corrected chi connectivity index (χ2v) is 7.19. The lowest BCUT2D eigenvalue weighted by Crippen LogP contribution is -2.37. The van der Waals surface area contributed by atoms with Gasteiger partial charge in [-0.2, -0.15) is 0 Å². The predicted octanol–water partition coefficient (Wildman–Crippen LogP) is 3.31. The molecule has 0 atom stereocenters. The molecule has 5 heteroatoms. The van der Waals surface area contributed by atoms with E-state index < -0.39 is 0 Å². The summed E-state index contributed by atoms with van der Waals surface area (Å²) in [5, 5.41) is 0. The SMILES string of the molecule is COc1ccc(CCC(=O)N2CCCN(C(=O)c3ccccc3C)CC2)cc1. The lowest BCUT2D eigenvalue weighted by Gasteiger charge is -2.23. The van der Waals surface area contributed by atoms with E-state index in [1.807, 2.05) is 65.3 Å². The third kappa shape index (κ3) is 4.91. The van der Waals surface area contributed by atoms with Crippen LogP contribution >= 0.6 is 0 Å². The van der Waals surface area contributed by atoms with Crippen molar-refractivity contribution in [2.75, 3.05) is 33.3 Å². The Morgan fingerprint density at radius 3 is 2.32 bits per heavy atom. The van der Waals surface area contributed by atoms with E-state index >= 15 is 0 Å². The highest BCUT2D eigenvalue weighted by Gasteiger charge is 2.23. The zero-order valence-electron chi connectivity index (χ0n) is 16.7. The number of aryl methyl sites for hydroxylation is 2. The maximum atomic E-state index is 12.8. The fourth-order valence-corrected chi connectivity index (χ4v) is 3.55. The van der Waals surface area contributed by atoms with Crippen LogP contribution in [0.1, 0.15) is 34.3 Å². The fourth-order valence-electron chi connectivity index (χ4n) is 3.55. The minimum atomic E-state index is 0.0608. The monoisotopic (exact) mass is 380 g/mol. The van der Waals surface area contributed by atoms with Crippen LogP contribution in [0.25, 0.3) is 0 Å². The number of benzene rings is 2. The zero-order chi connectivity index (χ0) is 19.9. The van der Waals surface area contributed by atoms with Crippen molar-refractivity contribution >= 4 is 11.8 Å². The van der Waals surface area contributed by atoms with Gasteiger partial charge >= 0.3 is 0 Å². The Morgan fingerprint density at radius 2 is 1.61 bits per heavy atom. The Kier molecular flexibility index (Phi) is 6.69. The maximum Gasteiger partial charge on any atom is 0.254 e. The molecule has 1 aliphatic rings. The zero-order valence-corrected chi connectivity index (χ0v) is 16.7. The number of methoxy groups -OCH3 is 1. The van der Waals surface area contributed by atoms with Crippen LogP contribution in [-0.4, -0.2) is 54.9 Å². The van der Waals surface area contributed by atoms with Gasteiger partial charge in [-0.1, -0.05) is 30.3 Å². The molecule has 2 aromatic rings. The molecule has 1 aliphatic heterocycles. The average molecular weight is 380 g/mol. The summed E-state index contributed by atoms with van der Waals surface area (Å²) >= 11 is 0. The molecular formula is C23H28N2O3. The van der Waals surface area contributed by atoms with Crippen molar-refractivity contribution in [3.8, 4) is 5.75 Å². The van der Waals surface area contributed by atoms with E-state index in [9.17, 15) is 9.59 Å². The van der Waals surface area contributed by atoms with Crippen LogP contribution in [0.15, 0.2) is 48.5 Å². The van der Waals surface area contributed by atoms with Crippen molar-refractivity contribution in [3.63, 3.8) is 0 Å². The first-order chi connectivity index (χ1) is 13.6. The number of rotatable bonds is 5. The molecule has 1 saturated heterocycles. The Balaban J connectivity index is 1.53. The molecule has 28 heavy (non-hydrogen) atoms. The number of carbonyl (C=O) groups excluding carboxylic acids is 2. The van der Waals surface area contributed by atoms with Crippen LogP contribution < -0.4 is 4.74 Å². The van der Waals surface area contributed by atoms with Gasteiger partial charge in [-0.3, -0.25) is 9.59 Å². The first-order valence-electron chi connectivity index (χ1n) is 9.84. The van der Waals surface area contributed by atoms with Gasteiger partial charge in [0.1, 0.15) is 5.75 Å². The van der Waals surface area contributed by atoms with E-state index in [2.05, 4.69) is 0 Å². The molecule has 1 heterocycles. The summed E-state index contributed by atoms with van der Waals surface area (Å²) in [5.41, 5.74) is 2.87. The summed E-state index contributed by atoms with van der Waals surface area (Å²) in [6, 6.07) is 15.5. The normalized spacial score (nSPS) is 14.5. The van der Waals surface area contributed by atoms with Gasteiger partial charge in [0.15, 0.2) is 0 Å². The van der Waals surface area contributed by atoms with Gasteiger partial charge in [0, 0.05) is 38.2 Å². The molecule has 3 rings (SSSR count). The Morgan fingerprint density at radius 1 is 0.929 bits per heavy atom. The third-order valence-electron chi connectivity index (χ3n) is 5.30. The smallest absolute Gasteiger partial charge is 0.254 e. The van der Waals surface area contributed by atoms with Crippen molar-refractivity contribution in [1.82, 2.24) is 9.80 Å². The first-order valence-corrected chi connectivity index (χ1v) is 9.84. The van der Waals surface area contributed by atoms with Crippen molar-refractivity contribution in [3.05, 3.63) is 65.2 Å². The van der Waals surface area contributed by atoms with Crippen LogP contribution in [0.2, 0.25) is 0 Å². The Labute approximate surface area is 166 Å². The van der Waals surface area contributed by atoms with Gasteiger partial charge < -0.3 is 14.5 Å². The molecule has 0 aromatic heterocycles. The second-order valence-electron chi connectivity index (χ2n) is 7.19. The van der Waals surface area contributed by atoms with Crippen LogP contribution in [0, 0.1) is 6.92 Å². The highest BCUT2D eigenvalue weighted by Crippen LogP contribution is 2.15. The predicted molar refractivity (Wildman–Crippen MR) is 110 cm³/mol. The van der Waals surface area contributed by atoms with Gasteiger partial charge in [0.25, 0.3) is 5.91 Å². The molecule has 0 unspecified atom stereocenters. The quantitative estimate of drug-likeness (QED) is 0.800. The molecule has 5 nitrogen and oxygen atoms in total. The summed E-state index contributed by atoms with van der Waals surface area (Å²) < 4.78 is 5.17. The minimum Gasteiger partial charge on any atom is -0.497 e. The molecular weight excluding hydrogens is 352 g/mol. The van der Waals surface area contributed by atoms with Crippen molar-refractivity contribution in [1.29, 1.82) is 0 Å². The van der Waals surface area contributed by atoms with Crippen molar-refractivity contribution in [2.24, 2.45) is 0 Å². The first kappa shape index (κ1) is 19.9. The minimum absolute atomic E-state index is 0.0608. The van der Waals surface area contributed by atoms with E-state index in [0.717, 1.165) is 28.9 Å². The summed E-state index contributed by atoms with van der Waals surface area (Å²) in [6.45, 7) is 4.54. The number of carbonyl (C=O) groups is 2. The molecule has 0 radical (unpaired) electrons. The molecule has 2 aromatic carbocycles. The summed E-state index contributed by atoms with van der Waals surface area (Å²) in [6.07, 6.45) is 2.01. The van der Waals surface area contributed by atoms with Gasteiger partial charge in [-0.05, 0) is 49.1 Å². The standard InChI is InChI=1S/C23H28N2O3/c1-18-6-3-4-7-21(18)23(27)25-15-5-14-24(16-17-25)22(26)13-10-19-8-11-20(28-2)12-9-19/h3-4,6-9,11-12H,5,10,13-17H2,1-2H3. The van der Waals surface area contributed by atoms with Crippen LogP contribution in [0.5, 0.6) is 5.75 Å². The third-order valence-corrected chi connectivity index (χ3v) is 5.30. The van der Waals surface area contributed by atoms with Crippen LogP contribution in [0.3, 0.4) is 0 Å². The molecule has 0 saturated carbocycles. The van der Waals surface area contributed by atoms with E-state index in [-0.39, 0.29) is 11.8 Å². The number of ether oxygens (including phenoxy) is 1. The van der Waals surface area contributed by atoms with E-state index in [1.165, 1.54) is 0 Å². The number of hydrogen-bond acceptors (Lipinski definition) is 3. The van der Waals surface area contributed by atoms with E-state index in [0.29, 0.717) is 39.0 Å². The fraction of sp³-hybridized carbons (Fsp3) is 0.391. The van der Waals surface area contributed by atoms with Gasteiger partial charge in [0.05, 0.1) is 7.11 Å². The molecule has 0 N–H and O–H groups in total. The van der Waals surface area contributed by atoms with Gasteiger partial charge in [0.2, 0.25) is 5.91 Å². The van der Waals surface area contributed by atoms with Crippen LogP contribution in [0.4, 0.5) is 0 Å². The molecule has 0 spiro atoms. The number of nitrogens with zero attached hydrogens (tertiary/aromatic N) is 2. The molecule has 1 fully saturated rings. The summed E-state index contributed by atoms with van der Waals surface area (Å²) in [5.74, 6) is 1.03. The van der Waals surface area contributed by atoms with Gasteiger partial charge in [-0.25, -0.2) is 0 Å². The van der Waals surface area contributed by atoms with Crippen LogP contribution in [-0.2, 0) is 11.2 Å². The van der Waals surface area contributed by atoms with E-state index in [4.69, 9.17) is 4.74 Å². The highest BCUT2D eigenvalue weighted by molar-refractivity contribution is 5.95. The lowest BCUT2D eigenvalue weighted by atomic mass is 10.1. The Hall–Kier alpha value is -2.82. The Bertz CT molecular complexity index is 817. The van der Waals surface area contributed by atoms with Crippen molar-refractivity contribution in [2.45, 2.75) is 26.2 Å². The van der Waals surface area contributed by atoms with Gasteiger partial charge in [-0.15, -0.1) is 0 Å². The molecule has 0 bridgehead atoms. The number of hydrogen-bond donors (Lipinski definition) is 0. The molecule has 2 amide bonds. The maximum absolute atomic E-state index is 12.8. The van der Waals surface area contributed by atoms with Crippen molar-refractivity contribution < 1.29 is 14.3 Å². The molecule has 148 valence electrons. The van der Waals surface area contributed by atoms with E-state index in [1.54, 1.807) is 7.11 Å². The topological polar surface area (TPSA) is 49.9 Å². The number of amides is 2. The largest absolute Gasteiger partial charge is 0.497 e.